The summed E-state index contributed by atoms with van der Waals surface area (Å²) in [5, 5.41) is 23.0. The Morgan fingerprint density at radius 1 is 0.970 bits per heavy atom. The summed E-state index contributed by atoms with van der Waals surface area (Å²) in [6.45, 7) is 2.17. The normalized spacial score (nSPS) is 10.8. The zero-order valence-corrected chi connectivity index (χ0v) is 18.3. The number of thiazole rings is 1. The Hall–Kier alpha value is -4.18. The predicted octanol–water partition coefficient (Wildman–Crippen LogP) is 5.52. The number of aromatic nitrogens is 1. The number of aryl methyl sites for hydroxylation is 1. The van der Waals surface area contributed by atoms with E-state index in [1.807, 2.05) is 55.5 Å². The van der Waals surface area contributed by atoms with Crippen LogP contribution in [0.4, 0.5) is 16.5 Å². The van der Waals surface area contributed by atoms with Crippen LogP contribution in [0.15, 0.2) is 66.7 Å². The molecule has 1 heterocycles. The lowest BCUT2D eigenvalue weighted by Gasteiger charge is -2.20. The average molecular weight is 462 g/mol. The lowest BCUT2D eigenvalue weighted by atomic mass is 10.1. The first-order valence-electron chi connectivity index (χ1n) is 10.1. The highest BCUT2D eigenvalue weighted by molar-refractivity contribution is 7.22. The highest BCUT2D eigenvalue weighted by atomic mass is 32.1. The summed E-state index contributed by atoms with van der Waals surface area (Å²) < 4.78 is 0.903. The lowest BCUT2D eigenvalue weighted by Crippen LogP contribution is -2.30. The van der Waals surface area contributed by atoms with Crippen LogP contribution >= 0.6 is 11.3 Å². The van der Waals surface area contributed by atoms with Gasteiger partial charge in [0.25, 0.3) is 17.3 Å². The predicted molar refractivity (Wildman–Crippen MR) is 126 cm³/mol. The quantitative estimate of drug-likeness (QED) is 0.263. The number of rotatable bonds is 7. The first-order chi connectivity index (χ1) is 15.9. The molecule has 166 valence electrons. The van der Waals surface area contributed by atoms with E-state index in [2.05, 4.69) is 0 Å². The maximum Gasteiger partial charge on any atom is 0.277 e. The van der Waals surface area contributed by atoms with Gasteiger partial charge in [-0.2, -0.15) is 0 Å². The van der Waals surface area contributed by atoms with Gasteiger partial charge in [0.05, 0.1) is 38.2 Å². The Morgan fingerprint density at radius 3 is 2.24 bits per heavy atom. The molecular formula is C23H18N4O5S. The number of nitro groups is 2. The zero-order chi connectivity index (χ0) is 23.5. The van der Waals surface area contributed by atoms with E-state index in [1.165, 1.54) is 16.2 Å². The molecule has 1 amide bonds. The van der Waals surface area contributed by atoms with Crippen molar-refractivity contribution in [1.82, 2.24) is 4.98 Å². The summed E-state index contributed by atoms with van der Waals surface area (Å²) in [5.74, 6) is -0.609. The molecule has 0 radical (unpaired) electrons. The summed E-state index contributed by atoms with van der Waals surface area (Å²) in [7, 11) is 0. The van der Waals surface area contributed by atoms with Crippen LogP contribution in [-0.2, 0) is 13.0 Å². The van der Waals surface area contributed by atoms with Gasteiger partial charge in [-0.15, -0.1) is 0 Å². The van der Waals surface area contributed by atoms with E-state index in [0.717, 1.165) is 46.0 Å². The van der Waals surface area contributed by atoms with Crippen molar-refractivity contribution in [2.45, 2.75) is 19.9 Å². The van der Waals surface area contributed by atoms with Crippen molar-refractivity contribution in [2.75, 3.05) is 4.90 Å². The SMILES string of the molecule is CCc1cccc2sc(N(Cc3ccccc3)C(=O)c3cc([N+](=O)[O-])cc([N+](=O)[O-])c3)nc12. The van der Waals surface area contributed by atoms with Gasteiger partial charge in [0.15, 0.2) is 5.13 Å². The highest BCUT2D eigenvalue weighted by Crippen LogP contribution is 2.33. The number of hydrogen-bond donors (Lipinski definition) is 0. The molecule has 0 aliphatic rings. The number of fused-ring (bicyclic) bond motifs is 1. The van der Waals surface area contributed by atoms with Crippen molar-refractivity contribution in [3.8, 4) is 0 Å². The molecule has 0 aliphatic heterocycles. The number of amides is 1. The maximum absolute atomic E-state index is 13.6. The van der Waals surface area contributed by atoms with Crippen molar-refractivity contribution in [1.29, 1.82) is 0 Å². The largest absolute Gasteiger partial charge is 0.279 e. The summed E-state index contributed by atoms with van der Waals surface area (Å²) in [6, 6.07) is 18.0. The van der Waals surface area contributed by atoms with Crippen LogP contribution in [0.5, 0.6) is 0 Å². The molecule has 1 aromatic heterocycles. The van der Waals surface area contributed by atoms with Crippen LogP contribution in [0.1, 0.15) is 28.4 Å². The van der Waals surface area contributed by atoms with Gasteiger partial charge in [-0.3, -0.25) is 29.9 Å². The van der Waals surface area contributed by atoms with E-state index < -0.39 is 27.1 Å². The number of hydrogen-bond acceptors (Lipinski definition) is 7. The van der Waals surface area contributed by atoms with Crippen LogP contribution in [-0.4, -0.2) is 20.7 Å². The third-order valence-corrected chi connectivity index (χ3v) is 6.15. The fraction of sp³-hybridized carbons (Fsp3) is 0.130. The Kier molecular flexibility index (Phi) is 6.09. The third-order valence-electron chi connectivity index (χ3n) is 5.10. The number of carbonyl (C=O) groups is 1. The van der Waals surface area contributed by atoms with Gasteiger partial charge in [-0.05, 0) is 23.6 Å². The molecule has 0 fully saturated rings. The van der Waals surface area contributed by atoms with Gasteiger partial charge in [-0.1, -0.05) is 60.7 Å². The molecule has 0 atom stereocenters. The second-order valence-electron chi connectivity index (χ2n) is 7.24. The minimum atomic E-state index is -0.753. The monoisotopic (exact) mass is 462 g/mol. The molecule has 0 N–H and O–H groups in total. The van der Waals surface area contributed by atoms with Crippen molar-refractivity contribution in [3.05, 3.63) is 104 Å². The number of carbonyl (C=O) groups excluding carboxylic acids is 1. The van der Waals surface area contributed by atoms with Gasteiger partial charge in [0.2, 0.25) is 0 Å². The maximum atomic E-state index is 13.6. The number of nitro benzene ring substituents is 2. The van der Waals surface area contributed by atoms with Crippen molar-refractivity contribution in [3.63, 3.8) is 0 Å². The molecule has 0 unspecified atom stereocenters. The highest BCUT2D eigenvalue weighted by Gasteiger charge is 2.26. The minimum Gasteiger partial charge on any atom is -0.279 e. The van der Waals surface area contributed by atoms with E-state index in [-0.39, 0.29) is 12.1 Å². The molecule has 0 saturated carbocycles. The Labute approximate surface area is 192 Å². The Bertz CT molecular complexity index is 1340. The van der Waals surface area contributed by atoms with E-state index in [9.17, 15) is 25.0 Å². The summed E-state index contributed by atoms with van der Waals surface area (Å²) in [4.78, 5) is 40.8. The molecule has 33 heavy (non-hydrogen) atoms. The van der Waals surface area contributed by atoms with Crippen LogP contribution in [0.3, 0.4) is 0 Å². The second-order valence-corrected chi connectivity index (χ2v) is 8.25. The number of benzene rings is 3. The first-order valence-corrected chi connectivity index (χ1v) is 10.9. The van der Waals surface area contributed by atoms with Crippen LogP contribution < -0.4 is 4.90 Å². The van der Waals surface area contributed by atoms with Crippen LogP contribution in [0, 0.1) is 20.2 Å². The Morgan fingerprint density at radius 2 is 1.64 bits per heavy atom. The lowest BCUT2D eigenvalue weighted by molar-refractivity contribution is -0.394. The summed E-state index contributed by atoms with van der Waals surface area (Å²) >= 11 is 1.32. The molecule has 0 spiro atoms. The Balaban J connectivity index is 1.84. The molecule has 0 saturated heterocycles. The topological polar surface area (TPSA) is 119 Å². The number of para-hydroxylation sites is 1. The van der Waals surface area contributed by atoms with E-state index in [4.69, 9.17) is 4.98 Å². The third kappa shape index (κ3) is 4.55. The van der Waals surface area contributed by atoms with Crippen molar-refractivity contribution in [2.24, 2.45) is 0 Å². The van der Waals surface area contributed by atoms with Crippen LogP contribution in [0.2, 0.25) is 0 Å². The molecule has 4 rings (SSSR count). The standard InChI is InChI=1S/C23H18N4O5S/c1-2-16-9-6-10-20-21(16)24-23(33-20)25(14-15-7-4-3-5-8-15)22(28)17-11-18(26(29)30)13-19(12-17)27(31)32/h3-13H,2,14H2,1H3. The number of non-ortho nitro benzene ring substituents is 2. The molecule has 4 aromatic rings. The molecule has 3 aromatic carbocycles. The van der Waals surface area contributed by atoms with Gasteiger partial charge in [0, 0.05) is 12.1 Å². The molecular weight excluding hydrogens is 444 g/mol. The van der Waals surface area contributed by atoms with Crippen molar-refractivity contribution < 1.29 is 14.6 Å². The number of nitrogens with zero attached hydrogens (tertiary/aromatic N) is 4. The van der Waals surface area contributed by atoms with E-state index in [0.29, 0.717) is 5.13 Å². The van der Waals surface area contributed by atoms with Gasteiger partial charge in [-0.25, -0.2) is 4.98 Å². The smallest absolute Gasteiger partial charge is 0.277 e. The van der Waals surface area contributed by atoms with Gasteiger partial charge >= 0.3 is 0 Å². The number of anilines is 1. The first kappa shape index (κ1) is 22.0. The summed E-state index contributed by atoms with van der Waals surface area (Å²) in [5.41, 5.74) is 1.45. The molecule has 9 nitrogen and oxygen atoms in total. The van der Waals surface area contributed by atoms with Gasteiger partial charge in [0.1, 0.15) is 0 Å². The molecule has 0 bridgehead atoms. The average Bonchev–Trinajstić information content (AvgIpc) is 3.26. The fourth-order valence-corrected chi connectivity index (χ4v) is 4.48. The van der Waals surface area contributed by atoms with Crippen molar-refractivity contribution >= 4 is 44.0 Å². The molecule has 0 aliphatic carbocycles. The van der Waals surface area contributed by atoms with E-state index in [1.54, 1.807) is 0 Å². The second kappa shape index (κ2) is 9.13. The molecule has 10 heteroatoms. The summed E-state index contributed by atoms with van der Waals surface area (Å²) in [6.07, 6.45) is 0.768. The fourth-order valence-electron chi connectivity index (χ4n) is 3.47. The zero-order valence-electron chi connectivity index (χ0n) is 17.5. The van der Waals surface area contributed by atoms with Crippen LogP contribution in [0.25, 0.3) is 10.2 Å². The van der Waals surface area contributed by atoms with E-state index >= 15 is 0 Å². The minimum absolute atomic E-state index is 0.150. The van der Waals surface area contributed by atoms with Gasteiger partial charge < -0.3 is 0 Å².